The van der Waals surface area contributed by atoms with E-state index in [-0.39, 0.29) is 0 Å². The first-order valence-electron chi connectivity index (χ1n) is 10.5. The molecule has 4 aromatic carbocycles. The number of hydrogen-bond acceptors (Lipinski definition) is 2. The van der Waals surface area contributed by atoms with Gasteiger partial charge in [-0.05, 0) is 36.1 Å². The molecule has 4 aromatic rings. The highest BCUT2D eigenvalue weighted by molar-refractivity contribution is 6.17. The van der Waals surface area contributed by atoms with E-state index in [0.29, 0.717) is 6.04 Å². The van der Waals surface area contributed by atoms with E-state index in [2.05, 4.69) is 90.2 Å². The van der Waals surface area contributed by atoms with Gasteiger partial charge in [-0.15, -0.1) is 0 Å². The molecule has 2 heteroatoms. The highest BCUT2D eigenvalue weighted by Gasteiger charge is 2.23. The van der Waals surface area contributed by atoms with E-state index < -0.39 is 0 Å². The van der Waals surface area contributed by atoms with Crippen molar-refractivity contribution in [2.45, 2.75) is 18.9 Å². The van der Waals surface area contributed by atoms with Crippen molar-refractivity contribution in [3.8, 4) is 0 Å². The van der Waals surface area contributed by atoms with Gasteiger partial charge in [0.2, 0.25) is 0 Å². The van der Waals surface area contributed by atoms with Gasteiger partial charge in [0.05, 0.1) is 17.4 Å². The summed E-state index contributed by atoms with van der Waals surface area (Å²) in [5.41, 5.74) is 8.14. The fraction of sp³-hybridized carbons (Fsp3) is 0.107. The Balaban J connectivity index is 1.62. The Hall–Kier alpha value is -3.65. The number of benzene rings is 4. The number of para-hydroxylation sites is 2. The molecule has 1 unspecified atom stereocenters. The largest absolute Gasteiger partial charge is 0.377 e. The predicted octanol–water partition coefficient (Wildman–Crippen LogP) is 6.96. The van der Waals surface area contributed by atoms with Crippen LogP contribution in [0.2, 0.25) is 0 Å². The zero-order valence-electron chi connectivity index (χ0n) is 16.8. The Kier molecular flexibility index (Phi) is 5.14. The average Bonchev–Trinajstić information content (AvgIpc) is 2.84. The summed E-state index contributed by atoms with van der Waals surface area (Å²) in [7, 11) is 0. The summed E-state index contributed by atoms with van der Waals surface area (Å²) in [6, 6.07) is 38.3. The molecule has 0 fully saturated rings. The third-order valence-corrected chi connectivity index (χ3v) is 5.67. The summed E-state index contributed by atoms with van der Waals surface area (Å²) in [6.07, 6.45) is 2.15. The van der Waals surface area contributed by atoms with Crippen LogP contribution in [0.1, 0.15) is 34.7 Å². The summed E-state index contributed by atoms with van der Waals surface area (Å²) >= 11 is 0. The second-order valence-corrected chi connectivity index (χ2v) is 7.65. The van der Waals surface area contributed by atoms with Crippen LogP contribution in [-0.4, -0.2) is 5.71 Å². The SMILES string of the molecule is c1ccc(N=C(c2ccccc2)c2cccc3c2NC(c2ccccc2)CC3)cc1. The van der Waals surface area contributed by atoms with E-state index in [1.807, 2.05) is 24.3 Å². The van der Waals surface area contributed by atoms with Crippen molar-refractivity contribution in [1.29, 1.82) is 0 Å². The smallest absolute Gasteiger partial charge is 0.0802 e. The Bertz CT molecular complexity index is 1150. The molecule has 0 aromatic heterocycles. The maximum absolute atomic E-state index is 5.08. The Labute approximate surface area is 178 Å². The van der Waals surface area contributed by atoms with Crippen LogP contribution in [0.4, 0.5) is 11.4 Å². The van der Waals surface area contributed by atoms with Crippen molar-refractivity contribution < 1.29 is 0 Å². The van der Waals surface area contributed by atoms with Gasteiger partial charge in [0.1, 0.15) is 0 Å². The van der Waals surface area contributed by atoms with Crippen LogP contribution in [0.5, 0.6) is 0 Å². The van der Waals surface area contributed by atoms with Gasteiger partial charge in [0.25, 0.3) is 0 Å². The molecule has 1 N–H and O–H groups in total. The molecule has 0 radical (unpaired) electrons. The molecule has 1 atom stereocenters. The van der Waals surface area contributed by atoms with Crippen LogP contribution in [0.3, 0.4) is 0 Å². The Morgan fingerprint density at radius 3 is 2.10 bits per heavy atom. The van der Waals surface area contributed by atoms with Crippen molar-refractivity contribution in [1.82, 2.24) is 0 Å². The molecule has 1 aliphatic rings. The minimum absolute atomic E-state index is 0.314. The van der Waals surface area contributed by atoms with Gasteiger partial charge in [-0.25, -0.2) is 4.99 Å². The minimum Gasteiger partial charge on any atom is -0.377 e. The van der Waals surface area contributed by atoms with Gasteiger partial charge in [-0.1, -0.05) is 97.1 Å². The van der Waals surface area contributed by atoms with E-state index in [9.17, 15) is 0 Å². The second kappa shape index (κ2) is 8.38. The summed E-state index contributed by atoms with van der Waals surface area (Å²) in [5.74, 6) is 0. The fourth-order valence-electron chi connectivity index (χ4n) is 4.17. The number of anilines is 1. The Morgan fingerprint density at radius 1 is 0.700 bits per heavy atom. The van der Waals surface area contributed by atoms with Crippen LogP contribution in [0.25, 0.3) is 0 Å². The minimum atomic E-state index is 0.314. The lowest BCUT2D eigenvalue weighted by Gasteiger charge is -2.29. The number of nitrogens with one attached hydrogen (secondary N) is 1. The van der Waals surface area contributed by atoms with Gasteiger partial charge in [-0.3, -0.25) is 0 Å². The van der Waals surface area contributed by atoms with Gasteiger partial charge >= 0.3 is 0 Å². The number of fused-ring (bicyclic) bond motifs is 1. The molecule has 0 saturated carbocycles. The number of hydrogen-bond donors (Lipinski definition) is 1. The van der Waals surface area contributed by atoms with Crippen molar-refractivity contribution in [2.24, 2.45) is 4.99 Å². The third-order valence-electron chi connectivity index (χ3n) is 5.67. The lowest BCUT2D eigenvalue weighted by molar-refractivity contribution is 0.667. The average molecular weight is 389 g/mol. The van der Waals surface area contributed by atoms with E-state index in [1.54, 1.807) is 0 Å². The highest BCUT2D eigenvalue weighted by Crippen LogP contribution is 2.36. The van der Waals surface area contributed by atoms with Gasteiger partial charge < -0.3 is 5.32 Å². The predicted molar refractivity (Wildman–Crippen MR) is 126 cm³/mol. The topological polar surface area (TPSA) is 24.4 Å². The molecule has 2 nitrogen and oxygen atoms in total. The lowest BCUT2D eigenvalue weighted by Crippen LogP contribution is -2.21. The normalized spacial score (nSPS) is 15.9. The molecule has 5 rings (SSSR count). The summed E-state index contributed by atoms with van der Waals surface area (Å²) < 4.78 is 0. The maximum atomic E-state index is 5.08. The molecule has 0 spiro atoms. The van der Waals surface area contributed by atoms with E-state index in [4.69, 9.17) is 4.99 Å². The maximum Gasteiger partial charge on any atom is 0.0802 e. The van der Waals surface area contributed by atoms with Crippen molar-refractivity contribution >= 4 is 17.1 Å². The zero-order valence-corrected chi connectivity index (χ0v) is 16.8. The molecule has 30 heavy (non-hydrogen) atoms. The van der Waals surface area contributed by atoms with E-state index in [0.717, 1.165) is 35.4 Å². The van der Waals surface area contributed by atoms with Crippen molar-refractivity contribution in [2.75, 3.05) is 5.32 Å². The Morgan fingerprint density at radius 2 is 1.37 bits per heavy atom. The van der Waals surface area contributed by atoms with Gasteiger partial charge in [-0.2, -0.15) is 0 Å². The third kappa shape index (κ3) is 3.77. The van der Waals surface area contributed by atoms with Crippen LogP contribution in [0.15, 0.2) is 114 Å². The van der Waals surface area contributed by atoms with Crippen molar-refractivity contribution in [3.05, 3.63) is 131 Å². The summed E-state index contributed by atoms with van der Waals surface area (Å²) in [4.78, 5) is 5.08. The number of nitrogens with zero attached hydrogens (tertiary/aromatic N) is 1. The molecule has 1 heterocycles. The first-order valence-corrected chi connectivity index (χ1v) is 10.5. The molecule has 0 bridgehead atoms. The molecular formula is C28H24N2. The standard InChI is InChI=1S/C28H24N2/c1-4-11-21(12-5-1)26-20-19-23-15-10-18-25(28(23)30-26)27(22-13-6-2-7-14-22)29-24-16-8-3-9-17-24/h1-18,26,30H,19-20H2. The molecule has 0 amide bonds. The molecule has 0 saturated heterocycles. The number of rotatable bonds is 4. The van der Waals surface area contributed by atoms with Crippen LogP contribution in [-0.2, 0) is 6.42 Å². The highest BCUT2D eigenvalue weighted by atomic mass is 14.9. The zero-order chi connectivity index (χ0) is 20.2. The fourth-order valence-corrected chi connectivity index (χ4v) is 4.17. The summed E-state index contributed by atoms with van der Waals surface area (Å²) in [6.45, 7) is 0. The molecule has 1 aliphatic heterocycles. The molecule has 0 aliphatic carbocycles. The first kappa shape index (κ1) is 18.4. The molecule has 146 valence electrons. The molecular weight excluding hydrogens is 364 g/mol. The van der Waals surface area contributed by atoms with Gasteiger partial charge in [0.15, 0.2) is 0 Å². The number of aliphatic imine (C=N–C) groups is 1. The van der Waals surface area contributed by atoms with Crippen LogP contribution >= 0.6 is 0 Å². The summed E-state index contributed by atoms with van der Waals surface area (Å²) in [5, 5.41) is 3.84. The first-order chi connectivity index (χ1) is 14.9. The number of aryl methyl sites for hydroxylation is 1. The second-order valence-electron chi connectivity index (χ2n) is 7.65. The van der Waals surface area contributed by atoms with Crippen LogP contribution in [0, 0.1) is 0 Å². The van der Waals surface area contributed by atoms with Crippen LogP contribution < -0.4 is 5.32 Å². The van der Waals surface area contributed by atoms with Gasteiger partial charge in [0, 0.05) is 16.8 Å². The lowest BCUT2D eigenvalue weighted by atomic mass is 9.89. The van der Waals surface area contributed by atoms with E-state index in [1.165, 1.54) is 16.8 Å². The van der Waals surface area contributed by atoms with Crippen molar-refractivity contribution in [3.63, 3.8) is 0 Å². The monoisotopic (exact) mass is 388 g/mol. The quantitative estimate of drug-likeness (QED) is 0.376. The van der Waals surface area contributed by atoms with E-state index >= 15 is 0 Å².